The van der Waals surface area contributed by atoms with Crippen LogP contribution < -0.4 is 10.1 Å². The summed E-state index contributed by atoms with van der Waals surface area (Å²) in [7, 11) is 2.67. The molecule has 3 aliphatic rings. The molecule has 8 N–H and O–H groups in total. The fraction of sp³-hybridized carbons (Fsp3) is 0.750. The second-order valence-corrected chi connectivity index (χ2v) is 11.4. The Labute approximate surface area is 273 Å². The number of rotatable bonds is 13. The quantitative estimate of drug-likeness (QED) is 0.0719. The summed E-state index contributed by atoms with van der Waals surface area (Å²) < 4.78 is 45.4. The number of benzene rings is 1. The highest BCUT2D eigenvalue weighted by atomic mass is 16.8. The number of hydrogen-bond donors (Lipinski definition) is 8. The number of aliphatic hydroxyl groups is 7. The second-order valence-electron chi connectivity index (χ2n) is 11.4. The van der Waals surface area contributed by atoms with Crippen LogP contribution in [0.3, 0.4) is 0 Å². The number of nitro benzene ring substituents is 1. The van der Waals surface area contributed by atoms with Gasteiger partial charge >= 0.3 is 0 Å². The van der Waals surface area contributed by atoms with E-state index in [1.54, 1.807) is 0 Å². The number of amides is 1. The monoisotopic (exact) mass is 694 g/mol. The summed E-state index contributed by atoms with van der Waals surface area (Å²) in [6.45, 7) is -0.249. The molecule has 1 aromatic carbocycles. The van der Waals surface area contributed by atoms with E-state index >= 15 is 0 Å². The Morgan fingerprint density at radius 1 is 0.812 bits per heavy atom. The third kappa shape index (κ3) is 8.54. The predicted molar refractivity (Wildman–Crippen MR) is 154 cm³/mol. The maximum absolute atomic E-state index is 11.9. The normalized spacial score (nSPS) is 40.2. The second kappa shape index (κ2) is 16.8. The van der Waals surface area contributed by atoms with E-state index in [1.807, 2.05) is 0 Å². The van der Waals surface area contributed by atoms with Gasteiger partial charge in [-0.15, -0.1) is 0 Å². The molecule has 3 heterocycles. The maximum Gasteiger partial charge on any atom is 0.269 e. The lowest BCUT2D eigenvalue weighted by Gasteiger charge is -2.48. The molecule has 1 aromatic rings. The molecule has 0 spiro atoms. The van der Waals surface area contributed by atoms with Crippen molar-refractivity contribution >= 4 is 11.6 Å². The molecule has 0 saturated carbocycles. The van der Waals surface area contributed by atoms with Crippen LogP contribution in [0.5, 0.6) is 5.75 Å². The van der Waals surface area contributed by atoms with Gasteiger partial charge in [-0.25, -0.2) is 0 Å². The molecule has 48 heavy (non-hydrogen) atoms. The van der Waals surface area contributed by atoms with Crippen molar-refractivity contribution in [2.24, 2.45) is 0 Å². The highest BCUT2D eigenvalue weighted by molar-refractivity contribution is 5.73. The molecule has 20 heteroatoms. The summed E-state index contributed by atoms with van der Waals surface area (Å²) in [5.41, 5.74) is -0.220. The lowest BCUT2D eigenvalue weighted by Crippen LogP contribution is -2.68. The maximum atomic E-state index is 11.9. The average Bonchev–Trinajstić information content (AvgIpc) is 3.05. The van der Waals surface area contributed by atoms with Crippen LogP contribution in [0.1, 0.15) is 6.92 Å². The number of nitrogens with zero attached hydrogens (tertiary/aromatic N) is 1. The Hall–Kier alpha value is -2.67. The van der Waals surface area contributed by atoms with Crippen LogP contribution in [0.4, 0.5) is 5.69 Å². The molecular formula is C28H42N2O18. The Morgan fingerprint density at radius 3 is 2.02 bits per heavy atom. The highest BCUT2D eigenvalue weighted by Crippen LogP contribution is 2.32. The molecule has 0 aliphatic carbocycles. The van der Waals surface area contributed by atoms with Crippen molar-refractivity contribution in [2.75, 3.05) is 34.0 Å². The molecule has 3 aliphatic heterocycles. The van der Waals surface area contributed by atoms with E-state index in [0.29, 0.717) is 0 Å². The molecule has 15 atom stereocenters. The molecule has 4 rings (SSSR count). The van der Waals surface area contributed by atoms with Crippen LogP contribution >= 0.6 is 0 Å². The molecule has 272 valence electrons. The SMILES string of the molecule is COC[C@H]1O[C@H](OC[C@H]2O[C@@H](Oc3ccc([N+](=O)[O-])cc3)[C@H](O)[C@@H](O)[C@@H]2O)[C@@H](OC2O[C@H](CO)[C@@H](O)[C@H](O)[C@H]2NC(C)=O)[C@@H](O)[C@@H]1OC. The lowest BCUT2D eigenvalue weighted by molar-refractivity contribution is -0.384. The Kier molecular flexibility index (Phi) is 13.4. The van der Waals surface area contributed by atoms with Crippen molar-refractivity contribution in [3.8, 4) is 5.75 Å². The van der Waals surface area contributed by atoms with Gasteiger partial charge in [0.1, 0.15) is 78.9 Å². The molecule has 0 bridgehead atoms. The molecule has 3 fully saturated rings. The Balaban J connectivity index is 1.54. The summed E-state index contributed by atoms with van der Waals surface area (Å²) in [5, 5.41) is 87.3. The summed E-state index contributed by atoms with van der Waals surface area (Å²) in [4.78, 5) is 22.3. The van der Waals surface area contributed by atoms with Gasteiger partial charge < -0.3 is 79.0 Å². The average molecular weight is 695 g/mol. The lowest BCUT2D eigenvalue weighted by atomic mass is 9.95. The predicted octanol–water partition coefficient (Wildman–Crippen LogP) is -4.13. The standard InChI is InChI=1S/C28H42N2O18/c1-11(32)29-17-20(35)18(33)14(8-31)45-26(17)48-25-23(38)24(42-3)16(9-41-2)47-28(25)43-10-15-19(34)21(36)22(37)27(46-15)44-13-6-4-12(5-7-13)30(39)40/h4-7,14-28,31,33-38H,8-10H2,1-3H3,(H,29,32)/t14-,15-,16-,17-,18-,19-,20-,21+,22-,23+,24-,25+,26?,27-,28+/m1/s1. The van der Waals surface area contributed by atoms with Crippen LogP contribution in [0.15, 0.2) is 24.3 Å². The van der Waals surface area contributed by atoms with Gasteiger partial charge in [-0.3, -0.25) is 14.9 Å². The zero-order valence-electron chi connectivity index (χ0n) is 26.2. The number of methoxy groups -OCH3 is 2. The zero-order valence-corrected chi connectivity index (χ0v) is 26.2. The number of hydrogen-bond acceptors (Lipinski definition) is 18. The van der Waals surface area contributed by atoms with E-state index in [-0.39, 0.29) is 18.0 Å². The van der Waals surface area contributed by atoms with Crippen LogP contribution in [-0.4, -0.2) is 173 Å². The first-order valence-corrected chi connectivity index (χ1v) is 14.9. The van der Waals surface area contributed by atoms with Crippen molar-refractivity contribution < 1.29 is 83.4 Å². The van der Waals surface area contributed by atoms with E-state index in [9.17, 15) is 50.7 Å². The van der Waals surface area contributed by atoms with Crippen LogP contribution in [0.25, 0.3) is 0 Å². The first-order chi connectivity index (χ1) is 22.8. The number of nitrogens with one attached hydrogen (secondary N) is 1. The van der Waals surface area contributed by atoms with Crippen LogP contribution in [-0.2, 0) is 38.0 Å². The fourth-order valence-corrected chi connectivity index (χ4v) is 5.63. The van der Waals surface area contributed by atoms with Crippen LogP contribution in [0, 0.1) is 10.1 Å². The fourth-order valence-electron chi connectivity index (χ4n) is 5.63. The third-order valence-electron chi connectivity index (χ3n) is 8.15. The third-order valence-corrected chi connectivity index (χ3v) is 8.15. The molecule has 0 aromatic heterocycles. The number of aliphatic hydroxyl groups excluding tert-OH is 7. The van der Waals surface area contributed by atoms with Crippen molar-refractivity contribution in [3.05, 3.63) is 34.4 Å². The number of carbonyl (C=O) groups is 1. The van der Waals surface area contributed by atoms with E-state index in [2.05, 4.69) is 5.32 Å². The number of ether oxygens (including phenoxy) is 8. The minimum absolute atomic E-state index is 0.0443. The zero-order chi connectivity index (χ0) is 35.3. The Bertz CT molecular complexity index is 1200. The molecule has 3 saturated heterocycles. The van der Waals surface area contributed by atoms with Gasteiger partial charge in [0, 0.05) is 33.3 Å². The largest absolute Gasteiger partial charge is 0.462 e. The number of carbonyl (C=O) groups excluding carboxylic acids is 1. The van der Waals surface area contributed by atoms with Crippen molar-refractivity contribution in [3.63, 3.8) is 0 Å². The summed E-state index contributed by atoms with van der Waals surface area (Å²) >= 11 is 0. The van der Waals surface area contributed by atoms with Gasteiger partial charge in [-0.05, 0) is 12.1 Å². The summed E-state index contributed by atoms with van der Waals surface area (Å²) in [5.74, 6) is -0.577. The topological polar surface area (TPSA) is 288 Å². The first-order valence-electron chi connectivity index (χ1n) is 14.9. The van der Waals surface area contributed by atoms with Gasteiger partial charge in [0.25, 0.3) is 5.69 Å². The molecular weight excluding hydrogens is 652 g/mol. The molecule has 20 nitrogen and oxygen atoms in total. The number of nitro groups is 1. The van der Waals surface area contributed by atoms with E-state index in [4.69, 9.17) is 37.9 Å². The minimum atomic E-state index is -1.79. The van der Waals surface area contributed by atoms with Gasteiger partial charge in [0.15, 0.2) is 12.6 Å². The van der Waals surface area contributed by atoms with E-state index < -0.39 is 116 Å². The van der Waals surface area contributed by atoms with Crippen LogP contribution in [0.2, 0.25) is 0 Å². The summed E-state index contributed by atoms with van der Waals surface area (Å²) in [6, 6.07) is 3.42. The molecule has 1 amide bonds. The van der Waals surface area contributed by atoms with Crippen molar-refractivity contribution in [1.29, 1.82) is 0 Å². The van der Waals surface area contributed by atoms with Crippen molar-refractivity contribution in [2.45, 2.75) is 99.0 Å². The van der Waals surface area contributed by atoms with Gasteiger partial charge in [0.05, 0.1) is 24.7 Å². The highest BCUT2D eigenvalue weighted by Gasteiger charge is 2.53. The van der Waals surface area contributed by atoms with E-state index in [1.165, 1.54) is 26.4 Å². The minimum Gasteiger partial charge on any atom is -0.462 e. The molecule has 1 unspecified atom stereocenters. The van der Waals surface area contributed by atoms with Gasteiger partial charge in [-0.1, -0.05) is 0 Å². The number of non-ortho nitro benzene ring substituents is 1. The molecule has 0 radical (unpaired) electrons. The van der Waals surface area contributed by atoms with Crippen molar-refractivity contribution in [1.82, 2.24) is 5.32 Å². The Morgan fingerprint density at radius 2 is 1.44 bits per heavy atom. The van der Waals surface area contributed by atoms with E-state index in [0.717, 1.165) is 19.1 Å². The summed E-state index contributed by atoms with van der Waals surface area (Å²) in [6.07, 6.45) is -21.0. The van der Waals surface area contributed by atoms with Gasteiger partial charge in [-0.2, -0.15) is 0 Å². The first kappa shape index (κ1) is 38.1. The smallest absolute Gasteiger partial charge is 0.269 e. The van der Waals surface area contributed by atoms with Gasteiger partial charge in [0.2, 0.25) is 12.2 Å².